The van der Waals surface area contributed by atoms with Crippen molar-refractivity contribution in [2.75, 3.05) is 11.9 Å². The van der Waals surface area contributed by atoms with Gasteiger partial charge in [0.25, 0.3) is 0 Å². The number of ether oxygens (including phenoxy) is 1. The van der Waals surface area contributed by atoms with Crippen LogP contribution >= 0.6 is 11.3 Å². The summed E-state index contributed by atoms with van der Waals surface area (Å²) in [7, 11) is 0. The summed E-state index contributed by atoms with van der Waals surface area (Å²) in [4.78, 5) is 19.8. The second-order valence-electron chi connectivity index (χ2n) is 7.31. The molecule has 0 spiro atoms. The molecule has 1 aliphatic carbocycles. The van der Waals surface area contributed by atoms with Crippen LogP contribution in [-0.2, 0) is 10.9 Å². The van der Waals surface area contributed by atoms with E-state index in [9.17, 15) is 31.1 Å². The molecular formula is C21H19F6N3O2S. The summed E-state index contributed by atoms with van der Waals surface area (Å²) < 4.78 is 87.0. The largest absolute Gasteiger partial charge is 0.484 e. The zero-order valence-corrected chi connectivity index (χ0v) is 18.3. The number of hydrogen-bond acceptors (Lipinski definition) is 6. The van der Waals surface area contributed by atoms with E-state index in [4.69, 9.17) is 4.74 Å². The van der Waals surface area contributed by atoms with Gasteiger partial charge < -0.3 is 10.1 Å². The molecule has 12 heteroatoms. The lowest BCUT2D eigenvalue weighted by atomic mass is 10.1. The highest BCUT2D eigenvalue weighted by Gasteiger charge is 2.49. The quantitative estimate of drug-likeness (QED) is 0.202. The van der Waals surface area contributed by atoms with E-state index in [1.54, 1.807) is 6.92 Å². The molecule has 0 amide bonds. The SMILES string of the molecule is C=C=C(OCC)c1nc(C(C)=O)c(-c2cnc(N[C@@H](C3CC3)C(F)(F)F)cc2C(F)(F)F)s1. The fourth-order valence-corrected chi connectivity index (χ4v) is 4.29. The first-order valence-electron chi connectivity index (χ1n) is 9.82. The molecular weight excluding hydrogens is 472 g/mol. The van der Waals surface area contributed by atoms with Crippen molar-refractivity contribution in [3.8, 4) is 10.4 Å². The summed E-state index contributed by atoms with van der Waals surface area (Å²) in [6.07, 6.45) is -8.12. The van der Waals surface area contributed by atoms with Crippen LogP contribution in [0.3, 0.4) is 0 Å². The number of carbonyl (C=O) groups is 1. The molecule has 2 aromatic heterocycles. The predicted molar refractivity (Wildman–Crippen MR) is 111 cm³/mol. The fourth-order valence-electron chi connectivity index (χ4n) is 3.18. The third-order valence-corrected chi connectivity index (χ3v) is 5.89. The molecule has 1 N–H and O–H groups in total. The standard InChI is InChI=1S/C21H19F6N3O2S/c1-4-14(32-5-2)19-30-16(10(3)31)17(33-19)12-9-28-15(8-13(12)20(22,23)24)29-18(11-6-7-11)21(25,26)27/h8-9,11,18H,1,5-7H2,2-3H3,(H,28,29)/t18-/m0/s1. The molecule has 0 unspecified atom stereocenters. The predicted octanol–water partition coefficient (Wildman–Crippen LogP) is 6.34. The van der Waals surface area contributed by atoms with Crippen LogP contribution in [0.25, 0.3) is 16.2 Å². The molecule has 5 nitrogen and oxygen atoms in total. The zero-order valence-electron chi connectivity index (χ0n) is 17.5. The number of nitrogens with one attached hydrogen (secondary N) is 1. The summed E-state index contributed by atoms with van der Waals surface area (Å²) in [5, 5.41) is 2.19. The Hall–Kier alpha value is -2.85. The van der Waals surface area contributed by atoms with Crippen LogP contribution in [-0.4, -0.2) is 34.6 Å². The van der Waals surface area contributed by atoms with Crippen molar-refractivity contribution >= 4 is 28.7 Å². The lowest BCUT2D eigenvalue weighted by Gasteiger charge is -2.22. The number of hydrogen-bond donors (Lipinski definition) is 1. The van der Waals surface area contributed by atoms with Crippen LogP contribution < -0.4 is 5.32 Å². The minimum absolute atomic E-state index is 0.0634. The Morgan fingerprint density at radius 2 is 2.00 bits per heavy atom. The van der Waals surface area contributed by atoms with Crippen molar-refractivity contribution in [1.82, 2.24) is 9.97 Å². The lowest BCUT2D eigenvalue weighted by molar-refractivity contribution is -0.146. The fraction of sp³-hybridized carbons (Fsp3) is 0.429. The summed E-state index contributed by atoms with van der Waals surface area (Å²) in [6, 6.07) is -1.47. The Kier molecular flexibility index (Phi) is 6.90. The minimum atomic E-state index is -4.93. The number of pyridine rings is 1. The van der Waals surface area contributed by atoms with Gasteiger partial charge in [-0.15, -0.1) is 11.3 Å². The van der Waals surface area contributed by atoms with Crippen LogP contribution in [0.5, 0.6) is 0 Å². The number of thiazole rings is 1. The maximum absolute atomic E-state index is 13.9. The molecule has 33 heavy (non-hydrogen) atoms. The highest BCUT2D eigenvalue weighted by Crippen LogP contribution is 2.44. The molecule has 3 rings (SSSR count). The summed E-state index contributed by atoms with van der Waals surface area (Å²) in [5.41, 5.74) is 0.519. The van der Waals surface area contributed by atoms with Gasteiger partial charge in [-0.05, 0) is 31.7 Å². The number of anilines is 1. The average Bonchev–Trinajstić information content (AvgIpc) is 3.45. The smallest absolute Gasteiger partial charge is 0.417 e. The Balaban J connectivity index is 2.11. The van der Waals surface area contributed by atoms with Gasteiger partial charge >= 0.3 is 12.4 Å². The Labute approximate surface area is 189 Å². The van der Waals surface area contributed by atoms with Gasteiger partial charge in [-0.3, -0.25) is 4.79 Å². The Morgan fingerprint density at radius 3 is 2.48 bits per heavy atom. The van der Waals surface area contributed by atoms with Gasteiger partial charge in [-0.2, -0.15) is 26.3 Å². The molecule has 0 aromatic carbocycles. The highest BCUT2D eigenvalue weighted by atomic mass is 32.1. The molecule has 1 fully saturated rings. The van der Waals surface area contributed by atoms with E-state index in [0.717, 1.165) is 24.5 Å². The molecule has 0 radical (unpaired) electrons. The number of alkyl halides is 6. The van der Waals surface area contributed by atoms with Crippen LogP contribution in [0.1, 0.15) is 47.7 Å². The molecule has 1 aliphatic rings. The molecule has 0 saturated heterocycles. The number of aromatic nitrogens is 2. The van der Waals surface area contributed by atoms with Crippen molar-refractivity contribution in [1.29, 1.82) is 0 Å². The van der Waals surface area contributed by atoms with Crippen molar-refractivity contribution in [2.45, 2.75) is 45.1 Å². The molecule has 2 aromatic rings. The van der Waals surface area contributed by atoms with Gasteiger partial charge in [-0.25, -0.2) is 9.97 Å². The van der Waals surface area contributed by atoms with E-state index in [0.29, 0.717) is 18.9 Å². The van der Waals surface area contributed by atoms with Crippen LogP contribution in [0.4, 0.5) is 32.2 Å². The average molecular weight is 491 g/mol. The third kappa shape index (κ3) is 5.56. The molecule has 178 valence electrons. The lowest BCUT2D eigenvalue weighted by Crippen LogP contribution is -2.38. The molecule has 1 saturated carbocycles. The van der Waals surface area contributed by atoms with Gasteiger partial charge in [-0.1, -0.05) is 12.3 Å². The van der Waals surface area contributed by atoms with Gasteiger partial charge in [0.05, 0.1) is 17.0 Å². The zero-order chi connectivity index (χ0) is 24.6. The van der Waals surface area contributed by atoms with Gasteiger partial charge in [0.2, 0.25) is 0 Å². The maximum Gasteiger partial charge on any atom is 0.417 e. The first kappa shape index (κ1) is 24.8. The van der Waals surface area contributed by atoms with E-state index in [-0.39, 0.29) is 27.9 Å². The maximum atomic E-state index is 13.9. The number of nitrogens with zero attached hydrogens (tertiary/aromatic N) is 2. The summed E-state index contributed by atoms with van der Waals surface area (Å²) in [5.74, 6) is -1.81. The van der Waals surface area contributed by atoms with Crippen LogP contribution in [0, 0.1) is 5.92 Å². The monoisotopic (exact) mass is 491 g/mol. The highest BCUT2D eigenvalue weighted by molar-refractivity contribution is 7.16. The number of Topliss-reactive ketones (excluding diaryl/α,β-unsaturated/α-hetero) is 1. The summed E-state index contributed by atoms with van der Waals surface area (Å²) in [6.45, 7) is 6.47. The van der Waals surface area contributed by atoms with Crippen molar-refractivity contribution in [3.63, 3.8) is 0 Å². The van der Waals surface area contributed by atoms with Gasteiger partial charge in [0.1, 0.15) is 17.6 Å². The number of halogens is 6. The van der Waals surface area contributed by atoms with Gasteiger partial charge in [0.15, 0.2) is 16.6 Å². The normalized spacial score (nSPS) is 15.0. The molecule has 0 bridgehead atoms. The Bertz CT molecular complexity index is 1100. The molecule has 1 atom stereocenters. The topological polar surface area (TPSA) is 64.1 Å². The number of rotatable bonds is 8. The number of carbonyl (C=O) groups excluding carboxylic acids is 1. The van der Waals surface area contributed by atoms with Gasteiger partial charge in [0, 0.05) is 18.7 Å². The Morgan fingerprint density at radius 1 is 1.33 bits per heavy atom. The molecule has 2 heterocycles. The van der Waals surface area contributed by atoms with E-state index in [1.807, 2.05) is 0 Å². The van der Waals surface area contributed by atoms with E-state index < -0.39 is 47.0 Å². The van der Waals surface area contributed by atoms with Crippen molar-refractivity contribution < 1.29 is 35.9 Å². The second kappa shape index (κ2) is 9.18. The van der Waals surface area contributed by atoms with E-state index in [2.05, 4.69) is 27.6 Å². The number of ketones is 1. The van der Waals surface area contributed by atoms with E-state index >= 15 is 0 Å². The van der Waals surface area contributed by atoms with E-state index in [1.165, 1.54) is 0 Å². The van der Waals surface area contributed by atoms with Crippen molar-refractivity contribution in [2.24, 2.45) is 5.92 Å². The third-order valence-electron chi connectivity index (χ3n) is 4.81. The van der Waals surface area contributed by atoms with Crippen LogP contribution in [0.15, 0.2) is 24.6 Å². The first-order chi connectivity index (χ1) is 15.4. The second-order valence-corrected chi connectivity index (χ2v) is 8.30. The minimum Gasteiger partial charge on any atom is -0.484 e. The van der Waals surface area contributed by atoms with Crippen molar-refractivity contribution in [3.05, 3.63) is 40.8 Å². The van der Waals surface area contributed by atoms with Crippen LogP contribution in [0.2, 0.25) is 0 Å². The molecule has 0 aliphatic heterocycles. The first-order valence-corrected chi connectivity index (χ1v) is 10.6. The summed E-state index contributed by atoms with van der Waals surface area (Å²) >= 11 is 0.746.